The first-order chi connectivity index (χ1) is 14.9. The Morgan fingerprint density at radius 1 is 1.23 bits per heavy atom. The second-order valence-corrected chi connectivity index (χ2v) is 6.66. The second-order valence-electron chi connectivity index (χ2n) is 6.66. The Labute approximate surface area is 180 Å². The molecule has 0 aliphatic carbocycles. The van der Waals surface area contributed by atoms with E-state index in [1.807, 2.05) is 30.3 Å². The third-order valence-corrected chi connectivity index (χ3v) is 4.43. The zero-order chi connectivity index (χ0) is 22.8. The van der Waals surface area contributed by atoms with Crippen LogP contribution in [0.3, 0.4) is 0 Å². The number of carbonyl (C=O) groups excluding carboxylic acids is 2. The number of pyridine rings is 1. The highest BCUT2D eigenvalue weighted by atomic mass is 16.5. The van der Waals surface area contributed by atoms with E-state index in [0.29, 0.717) is 12.0 Å². The fourth-order valence-electron chi connectivity index (χ4n) is 2.67. The molecule has 0 radical (unpaired) electrons. The monoisotopic (exact) mass is 425 g/mol. The molecule has 0 bridgehead atoms. The average molecular weight is 425 g/mol. The zero-order valence-electron chi connectivity index (χ0n) is 17.8. The number of carbonyl (C=O) groups is 2. The number of aliphatic hydroxyl groups excluding tert-OH is 1. The number of aliphatic hydroxyl groups is 1. The number of aromatic nitrogens is 3. The number of nitrogen functional groups attached to an aromatic ring is 1. The van der Waals surface area contributed by atoms with Crippen LogP contribution in [-0.4, -0.2) is 44.9 Å². The smallest absolute Gasteiger partial charge is 0.328 e. The largest absolute Gasteiger partial charge is 0.467 e. The van der Waals surface area contributed by atoms with Gasteiger partial charge in [-0.05, 0) is 18.1 Å². The lowest BCUT2D eigenvalue weighted by Gasteiger charge is -2.15. The van der Waals surface area contributed by atoms with Crippen LogP contribution in [0.4, 0.5) is 5.82 Å². The molecule has 2 heterocycles. The molecule has 0 fully saturated rings. The van der Waals surface area contributed by atoms with Gasteiger partial charge in [-0.1, -0.05) is 37.3 Å². The zero-order valence-corrected chi connectivity index (χ0v) is 17.8. The highest BCUT2D eigenvalue weighted by Crippen LogP contribution is 2.21. The van der Waals surface area contributed by atoms with E-state index in [4.69, 9.17) is 10.8 Å². The molecule has 0 saturated heterocycles. The summed E-state index contributed by atoms with van der Waals surface area (Å²) < 4.78 is 6.30. The van der Waals surface area contributed by atoms with Gasteiger partial charge in [-0.15, -0.1) is 0 Å². The molecule has 31 heavy (non-hydrogen) atoms. The van der Waals surface area contributed by atoms with Gasteiger partial charge in [-0.25, -0.2) is 9.78 Å². The molecule has 4 N–H and O–H groups in total. The third kappa shape index (κ3) is 6.65. The van der Waals surface area contributed by atoms with Crippen molar-refractivity contribution in [1.29, 1.82) is 0 Å². The van der Waals surface area contributed by atoms with Crippen LogP contribution in [0, 0.1) is 0 Å². The Hall–Kier alpha value is -3.72. The molecule has 0 saturated carbocycles. The molecule has 1 aromatic carbocycles. The van der Waals surface area contributed by atoms with E-state index in [0.717, 1.165) is 11.1 Å². The van der Waals surface area contributed by atoms with Crippen molar-refractivity contribution in [3.63, 3.8) is 0 Å². The fourth-order valence-corrected chi connectivity index (χ4v) is 2.67. The highest BCUT2D eigenvalue weighted by Gasteiger charge is 2.22. The predicted molar refractivity (Wildman–Crippen MR) is 117 cm³/mol. The summed E-state index contributed by atoms with van der Waals surface area (Å²) >= 11 is 0. The molecule has 1 unspecified atom stereocenters. The van der Waals surface area contributed by atoms with E-state index in [1.54, 1.807) is 43.3 Å². The van der Waals surface area contributed by atoms with E-state index in [1.165, 1.54) is 7.11 Å². The quantitative estimate of drug-likeness (QED) is 0.514. The van der Waals surface area contributed by atoms with Crippen LogP contribution in [0.5, 0.6) is 0 Å². The van der Waals surface area contributed by atoms with Gasteiger partial charge >= 0.3 is 5.97 Å². The molecule has 9 heteroatoms. The lowest BCUT2D eigenvalue weighted by molar-refractivity contribution is -0.142. The van der Waals surface area contributed by atoms with Gasteiger partial charge < -0.3 is 20.9 Å². The maximum atomic E-state index is 12.4. The number of esters is 1. The van der Waals surface area contributed by atoms with Crippen molar-refractivity contribution < 1.29 is 19.4 Å². The highest BCUT2D eigenvalue weighted by molar-refractivity contribution is 6.01. The normalized spacial score (nSPS) is 11.1. The van der Waals surface area contributed by atoms with Crippen molar-refractivity contribution in [2.45, 2.75) is 26.0 Å². The first kappa shape index (κ1) is 23.6. The molecule has 9 nitrogen and oxygen atoms in total. The standard InChI is InChI=1S/C15H19N5O3.C7H8O/c1-4-12(15(22)23-3)19-14(21)11-5-9(6-17-13(11)16)10-7-18-20(2)8-10;8-6-7-4-2-1-3-5-7/h5-8,12H,4H2,1-3H3,(H2,16,17)(H,19,21);1-5,8H,6H2. The molecule has 3 aromatic rings. The molecule has 2 aromatic heterocycles. The van der Waals surface area contributed by atoms with Crippen LogP contribution in [0.15, 0.2) is 55.0 Å². The number of rotatable bonds is 6. The number of benzene rings is 1. The maximum Gasteiger partial charge on any atom is 0.328 e. The number of anilines is 1. The van der Waals surface area contributed by atoms with E-state index < -0.39 is 17.9 Å². The van der Waals surface area contributed by atoms with E-state index in [-0.39, 0.29) is 18.0 Å². The van der Waals surface area contributed by atoms with E-state index in [2.05, 4.69) is 20.1 Å². The molecule has 0 aliphatic rings. The van der Waals surface area contributed by atoms with Crippen LogP contribution >= 0.6 is 0 Å². The number of amides is 1. The number of nitrogens with zero attached hydrogens (tertiary/aromatic N) is 3. The maximum absolute atomic E-state index is 12.4. The number of methoxy groups -OCH3 is 1. The van der Waals surface area contributed by atoms with Crippen LogP contribution in [0.1, 0.15) is 29.3 Å². The minimum absolute atomic E-state index is 0.0925. The Morgan fingerprint density at radius 2 is 1.94 bits per heavy atom. The van der Waals surface area contributed by atoms with Crippen molar-refractivity contribution in [2.75, 3.05) is 12.8 Å². The minimum Gasteiger partial charge on any atom is -0.467 e. The number of hydrogen-bond acceptors (Lipinski definition) is 7. The van der Waals surface area contributed by atoms with Crippen molar-refractivity contribution in [2.24, 2.45) is 7.05 Å². The number of hydrogen-bond donors (Lipinski definition) is 3. The molecular formula is C22H27N5O4. The summed E-state index contributed by atoms with van der Waals surface area (Å²) in [5.74, 6) is -0.886. The topological polar surface area (TPSA) is 132 Å². The minimum atomic E-state index is -0.728. The van der Waals surface area contributed by atoms with Crippen LogP contribution in [0.25, 0.3) is 11.1 Å². The summed E-state index contributed by atoms with van der Waals surface area (Å²) in [4.78, 5) is 28.0. The molecular weight excluding hydrogens is 398 g/mol. The van der Waals surface area contributed by atoms with Gasteiger partial charge in [0, 0.05) is 30.6 Å². The molecule has 164 valence electrons. The number of nitrogens with one attached hydrogen (secondary N) is 1. The Bertz CT molecular complexity index is 1000. The van der Waals surface area contributed by atoms with Gasteiger partial charge in [0.25, 0.3) is 5.91 Å². The number of aryl methyl sites for hydroxylation is 1. The molecule has 1 atom stereocenters. The van der Waals surface area contributed by atoms with Crippen molar-refractivity contribution in [3.8, 4) is 11.1 Å². The van der Waals surface area contributed by atoms with E-state index in [9.17, 15) is 9.59 Å². The van der Waals surface area contributed by atoms with Crippen molar-refractivity contribution in [1.82, 2.24) is 20.1 Å². The molecule has 0 spiro atoms. The molecule has 3 rings (SSSR count). The first-order valence-corrected chi connectivity index (χ1v) is 9.67. The van der Waals surface area contributed by atoms with Gasteiger partial charge in [0.15, 0.2) is 0 Å². The summed E-state index contributed by atoms with van der Waals surface area (Å²) in [7, 11) is 3.07. The van der Waals surface area contributed by atoms with Gasteiger partial charge in [-0.2, -0.15) is 5.10 Å². The Kier molecular flexibility index (Phi) is 8.71. The fraction of sp³-hybridized carbons (Fsp3) is 0.273. The molecule has 0 aliphatic heterocycles. The van der Waals surface area contributed by atoms with Crippen LogP contribution in [0.2, 0.25) is 0 Å². The van der Waals surface area contributed by atoms with Crippen LogP contribution < -0.4 is 11.1 Å². The average Bonchev–Trinajstić information content (AvgIpc) is 3.24. The summed E-state index contributed by atoms with van der Waals surface area (Å²) in [5, 5.41) is 15.2. The van der Waals surface area contributed by atoms with Crippen molar-refractivity contribution in [3.05, 3.63) is 66.1 Å². The number of nitrogens with two attached hydrogens (primary N) is 1. The van der Waals surface area contributed by atoms with Crippen LogP contribution in [-0.2, 0) is 23.2 Å². The van der Waals surface area contributed by atoms with Gasteiger partial charge in [0.05, 0.1) is 25.5 Å². The summed E-state index contributed by atoms with van der Waals surface area (Å²) in [5.41, 5.74) is 8.48. The summed E-state index contributed by atoms with van der Waals surface area (Å²) in [6.07, 6.45) is 5.45. The van der Waals surface area contributed by atoms with E-state index >= 15 is 0 Å². The first-order valence-electron chi connectivity index (χ1n) is 9.67. The van der Waals surface area contributed by atoms with Gasteiger partial charge in [0.2, 0.25) is 0 Å². The molecule has 1 amide bonds. The van der Waals surface area contributed by atoms with Gasteiger partial charge in [-0.3, -0.25) is 9.48 Å². The Balaban J connectivity index is 0.000000357. The predicted octanol–water partition coefficient (Wildman–Crippen LogP) is 1.92. The summed E-state index contributed by atoms with van der Waals surface area (Å²) in [6.45, 7) is 1.91. The van der Waals surface area contributed by atoms with Gasteiger partial charge in [0.1, 0.15) is 11.9 Å². The number of ether oxygens (including phenoxy) is 1. The second kappa shape index (κ2) is 11.5. The lowest BCUT2D eigenvalue weighted by Crippen LogP contribution is -2.41. The SMILES string of the molecule is CCC(NC(=O)c1cc(-c2cnn(C)c2)cnc1N)C(=O)OC.OCc1ccccc1. The lowest BCUT2D eigenvalue weighted by atomic mass is 10.1. The Morgan fingerprint density at radius 3 is 2.45 bits per heavy atom. The summed E-state index contributed by atoms with van der Waals surface area (Å²) in [6, 6.07) is 10.4. The third-order valence-electron chi connectivity index (χ3n) is 4.43. The van der Waals surface area contributed by atoms with Crippen molar-refractivity contribution >= 4 is 17.7 Å².